The molecule has 1 aliphatic heterocycles. The van der Waals surface area contributed by atoms with Crippen LogP contribution in [0.25, 0.3) is 0 Å². The molecule has 0 radical (unpaired) electrons. The topological polar surface area (TPSA) is 93.1 Å². The largest absolute Gasteiger partial charge is 0.494 e. The Balaban J connectivity index is 1.44. The first-order valence-corrected chi connectivity index (χ1v) is 14.0. The Morgan fingerprint density at radius 3 is 2.76 bits per heavy atom. The van der Waals surface area contributed by atoms with Gasteiger partial charge in [-0.05, 0) is 60.5 Å². The van der Waals surface area contributed by atoms with E-state index >= 15 is 4.39 Å². The Bertz CT molecular complexity index is 1160. The number of Topliss-reactive ketones (excluding diaryl/α,β-unsaturated/α-hetero) is 1. The highest BCUT2D eigenvalue weighted by Crippen LogP contribution is 2.68. The lowest BCUT2D eigenvalue weighted by Crippen LogP contribution is -2.63. The van der Waals surface area contributed by atoms with Gasteiger partial charge in [0.15, 0.2) is 0 Å². The minimum absolute atomic E-state index is 0.0405. The molecule has 0 saturated heterocycles. The molecule has 6 nitrogen and oxygen atoms in total. The van der Waals surface area contributed by atoms with Crippen LogP contribution in [-0.2, 0) is 32.0 Å². The molecule has 1 heterocycles. The summed E-state index contributed by atoms with van der Waals surface area (Å²) in [6, 6.07) is 3.35. The maximum absolute atomic E-state index is 15.1. The molecule has 5 rings (SSSR count). The summed E-state index contributed by atoms with van der Waals surface area (Å²) in [4.78, 5) is 26.8. The molecule has 3 fully saturated rings. The molecule has 0 aromatic heterocycles. The molecule has 2 N–H and O–H groups in total. The number of hydrogen-bond acceptors (Lipinski definition) is 6. The number of benzene rings is 1. The van der Waals surface area contributed by atoms with Crippen molar-refractivity contribution < 1.29 is 33.5 Å². The van der Waals surface area contributed by atoms with E-state index in [1.165, 1.54) is 0 Å². The van der Waals surface area contributed by atoms with E-state index in [4.69, 9.17) is 9.39 Å². The van der Waals surface area contributed by atoms with Crippen molar-refractivity contribution in [3.05, 3.63) is 41.7 Å². The normalized spacial score (nSPS) is 40.2. The first-order chi connectivity index (χ1) is 17.9. The summed E-state index contributed by atoms with van der Waals surface area (Å²) < 4.78 is 26.4. The predicted octanol–water partition coefficient (Wildman–Crippen LogP) is 3.88. The Morgan fingerprint density at radius 1 is 1.32 bits per heavy atom. The first kappa shape index (κ1) is 27.5. The van der Waals surface area contributed by atoms with Crippen LogP contribution in [0.15, 0.2) is 24.8 Å². The number of aryl methyl sites for hydroxylation is 1. The molecule has 4 aliphatic rings. The minimum atomic E-state index is -1.30. The second kappa shape index (κ2) is 9.56. The number of aliphatic hydroxyl groups is 1. The fourth-order valence-corrected chi connectivity index (χ4v) is 8.47. The van der Waals surface area contributed by atoms with Gasteiger partial charge in [-0.15, -0.1) is 6.58 Å². The van der Waals surface area contributed by atoms with Crippen LogP contribution < -0.4 is 5.46 Å². The molecule has 38 heavy (non-hydrogen) atoms. The van der Waals surface area contributed by atoms with Gasteiger partial charge < -0.3 is 19.5 Å². The summed E-state index contributed by atoms with van der Waals surface area (Å²) >= 11 is 0. The van der Waals surface area contributed by atoms with E-state index in [1.54, 1.807) is 18.2 Å². The van der Waals surface area contributed by atoms with Gasteiger partial charge in [-0.3, -0.25) is 9.59 Å². The number of halogens is 1. The van der Waals surface area contributed by atoms with Crippen molar-refractivity contribution in [2.45, 2.75) is 91.5 Å². The van der Waals surface area contributed by atoms with E-state index in [0.29, 0.717) is 24.0 Å². The van der Waals surface area contributed by atoms with Gasteiger partial charge >= 0.3 is 13.1 Å². The number of ketones is 1. The van der Waals surface area contributed by atoms with Gasteiger partial charge in [-0.25, -0.2) is 4.39 Å². The van der Waals surface area contributed by atoms with Crippen molar-refractivity contribution in [3.63, 3.8) is 0 Å². The van der Waals surface area contributed by atoms with Crippen LogP contribution in [0.3, 0.4) is 0 Å². The standard InChI is InChI=1S/C30H40BFO6/c1-6-28(4)15-22(38-23(34)10-9-19-7-8-20-16-37-31(36)24(20)25(19)32)29(5)17(2)11-13-30(18(3)27(28)35)14-12-21(33)26(29)30/h6-8,17-18,22,26-27,35-36H,1,9-16H2,2-5H3/t17-,18+,22-,26+,27+,28-,29+,30+/m1/s1. The molecule has 206 valence electrons. The van der Waals surface area contributed by atoms with Crippen molar-refractivity contribution >= 4 is 24.3 Å². The van der Waals surface area contributed by atoms with Gasteiger partial charge in [0, 0.05) is 35.1 Å². The summed E-state index contributed by atoms with van der Waals surface area (Å²) in [6.45, 7) is 12.5. The van der Waals surface area contributed by atoms with E-state index in [-0.39, 0.29) is 53.9 Å². The Morgan fingerprint density at radius 2 is 2.05 bits per heavy atom. The summed E-state index contributed by atoms with van der Waals surface area (Å²) in [5.41, 5.74) is -0.541. The molecule has 3 aliphatic carbocycles. The van der Waals surface area contributed by atoms with Crippen LogP contribution in [0.4, 0.5) is 4.39 Å². The molecular formula is C30H40BFO6. The van der Waals surface area contributed by atoms with Crippen molar-refractivity contribution in [1.29, 1.82) is 0 Å². The maximum atomic E-state index is 15.1. The van der Waals surface area contributed by atoms with Crippen LogP contribution in [0.5, 0.6) is 0 Å². The zero-order valence-electron chi connectivity index (χ0n) is 23.0. The Kier molecular flexibility index (Phi) is 6.93. The van der Waals surface area contributed by atoms with E-state index in [9.17, 15) is 19.7 Å². The zero-order valence-corrected chi connectivity index (χ0v) is 23.0. The van der Waals surface area contributed by atoms with Crippen LogP contribution in [0.2, 0.25) is 0 Å². The highest BCUT2D eigenvalue weighted by Gasteiger charge is 2.68. The van der Waals surface area contributed by atoms with Gasteiger partial charge in [0.2, 0.25) is 0 Å². The van der Waals surface area contributed by atoms with Gasteiger partial charge in [-0.1, -0.05) is 45.9 Å². The second-order valence-corrected chi connectivity index (χ2v) is 12.8. The van der Waals surface area contributed by atoms with Crippen LogP contribution in [0, 0.1) is 39.8 Å². The molecular weight excluding hydrogens is 486 g/mol. The third kappa shape index (κ3) is 3.93. The van der Waals surface area contributed by atoms with Crippen molar-refractivity contribution in [3.8, 4) is 0 Å². The average molecular weight is 526 g/mol. The smallest absolute Gasteiger partial charge is 0.462 e. The van der Waals surface area contributed by atoms with E-state index in [2.05, 4.69) is 27.4 Å². The number of carbonyl (C=O) groups excluding carboxylic acids is 2. The van der Waals surface area contributed by atoms with Crippen LogP contribution in [0.1, 0.15) is 77.3 Å². The predicted molar refractivity (Wildman–Crippen MR) is 142 cm³/mol. The van der Waals surface area contributed by atoms with Crippen molar-refractivity contribution in [2.24, 2.45) is 34.0 Å². The number of fused-ring (bicyclic) bond motifs is 1. The highest BCUT2D eigenvalue weighted by molar-refractivity contribution is 6.61. The second-order valence-electron chi connectivity index (χ2n) is 12.8. The lowest BCUT2D eigenvalue weighted by molar-refractivity contribution is -0.206. The van der Waals surface area contributed by atoms with Crippen molar-refractivity contribution in [2.75, 3.05) is 0 Å². The maximum Gasteiger partial charge on any atom is 0.494 e. The zero-order chi connectivity index (χ0) is 27.6. The summed E-state index contributed by atoms with van der Waals surface area (Å²) in [7, 11) is -1.30. The fraction of sp³-hybridized carbons (Fsp3) is 0.667. The number of ether oxygens (including phenoxy) is 1. The summed E-state index contributed by atoms with van der Waals surface area (Å²) in [5, 5.41) is 21.6. The molecule has 8 heteroatoms. The van der Waals surface area contributed by atoms with Crippen molar-refractivity contribution in [1.82, 2.24) is 0 Å². The number of hydrogen-bond donors (Lipinski definition) is 2. The molecule has 1 aromatic carbocycles. The number of aliphatic hydroxyl groups excluding tert-OH is 1. The summed E-state index contributed by atoms with van der Waals surface area (Å²) in [5.74, 6) is -1.03. The molecule has 0 amide bonds. The molecule has 1 aromatic rings. The molecule has 0 spiro atoms. The minimum Gasteiger partial charge on any atom is -0.462 e. The number of rotatable bonds is 5. The van der Waals surface area contributed by atoms with E-state index < -0.39 is 41.9 Å². The molecule has 2 bridgehead atoms. The van der Waals surface area contributed by atoms with E-state index in [0.717, 1.165) is 19.3 Å². The molecule has 3 saturated carbocycles. The number of esters is 1. The Labute approximate surface area is 225 Å². The average Bonchev–Trinajstić information content (AvgIpc) is 3.45. The van der Waals surface area contributed by atoms with E-state index in [1.807, 2.05) is 6.92 Å². The third-order valence-corrected chi connectivity index (χ3v) is 11.2. The van der Waals surface area contributed by atoms with Gasteiger partial charge in [0.25, 0.3) is 0 Å². The van der Waals surface area contributed by atoms with Crippen LogP contribution in [-0.4, -0.2) is 41.2 Å². The summed E-state index contributed by atoms with van der Waals surface area (Å²) in [6.07, 6.45) is 3.92. The monoisotopic (exact) mass is 526 g/mol. The Hall–Kier alpha value is -2.03. The lowest BCUT2D eigenvalue weighted by atomic mass is 9.44. The lowest BCUT2D eigenvalue weighted by Gasteiger charge is -2.61. The SMILES string of the molecule is C=C[C@]1(C)C[C@@H](OC(=O)CCc2ccc3c(c2F)B(O)OC3)[C@]2(C)[C@H](C)CC[C@]3(CCC(=O)[C@H]32)[C@@H](C)[C@@H]1O. The van der Waals surface area contributed by atoms with Crippen LogP contribution >= 0.6 is 0 Å². The first-order valence-electron chi connectivity index (χ1n) is 14.0. The third-order valence-electron chi connectivity index (χ3n) is 11.2. The number of carbonyl (C=O) groups is 2. The molecule has 8 atom stereocenters. The highest BCUT2D eigenvalue weighted by atomic mass is 19.1. The molecule has 0 unspecified atom stereocenters. The van der Waals surface area contributed by atoms with Gasteiger partial charge in [-0.2, -0.15) is 0 Å². The quantitative estimate of drug-likeness (QED) is 0.344. The fourth-order valence-electron chi connectivity index (χ4n) is 8.47. The van der Waals surface area contributed by atoms with Gasteiger partial charge in [0.05, 0.1) is 12.7 Å². The van der Waals surface area contributed by atoms with Gasteiger partial charge in [0.1, 0.15) is 17.7 Å².